The molecule has 5 nitrogen and oxygen atoms in total. The summed E-state index contributed by atoms with van der Waals surface area (Å²) >= 11 is 0. The van der Waals surface area contributed by atoms with Crippen LogP contribution in [0.4, 0.5) is 0 Å². The zero-order valence-electron chi connectivity index (χ0n) is 13.0. The van der Waals surface area contributed by atoms with Crippen molar-refractivity contribution in [2.24, 2.45) is 5.92 Å². The second kappa shape index (κ2) is 8.92. The minimum atomic E-state index is -0.228. The number of methoxy groups -OCH3 is 1. The van der Waals surface area contributed by atoms with E-state index in [1.165, 1.54) is 13.5 Å². The first kappa shape index (κ1) is 18.7. The molecular formula is C15H27IN2O3. The molecule has 0 bridgehead atoms. The van der Waals surface area contributed by atoms with Gasteiger partial charge in [0.15, 0.2) is 0 Å². The van der Waals surface area contributed by atoms with E-state index < -0.39 is 0 Å². The normalized spacial score (nSPS) is 25.7. The molecule has 2 aliphatic rings. The zero-order valence-corrected chi connectivity index (χ0v) is 15.4. The number of carbonyl (C=O) groups excluding carboxylic acids is 2. The van der Waals surface area contributed by atoms with E-state index in [0.29, 0.717) is 31.2 Å². The van der Waals surface area contributed by atoms with Gasteiger partial charge in [-0.3, -0.25) is 9.59 Å². The van der Waals surface area contributed by atoms with E-state index in [1.54, 1.807) is 0 Å². The van der Waals surface area contributed by atoms with E-state index in [1.807, 2.05) is 0 Å². The summed E-state index contributed by atoms with van der Waals surface area (Å²) in [7, 11) is 3.55. The van der Waals surface area contributed by atoms with Crippen LogP contribution in [0.3, 0.4) is 0 Å². The first-order chi connectivity index (χ1) is 9.61. The second-order valence-electron chi connectivity index (χ2n) is 6.04. The van der Waals surface area contributed by atoms with Crippen molar-refractivity contribution < 1.29 is 14.3 Å². The number of hydrogen-bond acceptors (Lipinski definition) is 4. The molecule has 0 aromatic carbocycles. The van der Waals surface area contributed by atoms with Crippen molar-refractivity contribution in [2.75, 3.05) is 33.8 Å². The number of halogens is 1. The molecule has 2 unspecified atom stereocenters. The Bertz CT molecular complexity index is 365. The van der Waals surface area contributed by atoms with E-state index in [4.69, 9.17) is 0 Å². The fourth-order valence-electron chi connectivity index (χ4n) is 3.52. The lowest BCUT2D eigenvalue weighted by Crippen LogP contribution is -2.55. The molecule has 6 heteroatoms. The Labute approximate surface area is 144 Å². The molecule has 2 atom stereocenters. The van der Waals surface area contributed by atoms with Gasteiger partial charge in [-0.1, -0.05) is 0 Å². The van der Waals surface area contributed by atoms with E-state index in [9.17, 15) is 9.59 Å². The van der Waals surface area contributed by atoms with Crippen LogP contribution in [0.5, 0.6) is 0 Å². The number of hydrogen-bond donors (Lipinski definition) is 0. The summed E-state index contributed by atoms with van der Waals surface area (Å²) in [6.45, 7) is 3.08. The number of amides is 1. The summed E-state index contributed by atoms with van der Waals surface area (Å²) in [5, 5.41) is 0. The predicted molar refractivity (Wildman–Crippen MR) is 91.6 cm³/mol. The third-order valence-electron chi connectivity index (χ3n) is 4.59. The number of likely N-dealkylation sites (tertiary alicyclic amines) is 2. The van der Waals surface area contributed by atoms with Crippen LogP contribution >= 0.6 is 24.0 Å². The summed E-state index contributed by atoms with van der Waals surface area (Å²) in [5.41, 5.74) is 0. The highest BCUT2D eigenvalue weighted by molar-refractivity contribution is 14.0. The maximum absolute atomic E-state index is 12.4. The van der Waals surface area contributed by atoms with Crippen LogP contribution in [-0.2, 0) is 14.3 Å². The van der Waals surface area contributed by atoms with Crippen molar-refractivity contribution in [3.8, 4) is 0 Å². The molecule has 0 aliphatic carbocycles. The molecule has 122 valence electrons. The van der Waals surface area contributed by atoms with Crippen LogP contribution in [0.15, 0.2) is 0 Å². The zero-order chi connectivity index (χ0) is 14.5. The Kier molecular flexibility index (Phi) is 7.94. The topological polar surface area (TPSA) is 49.9 Å². The van der Waals surface area contributed by atoms with Gasteiger partial charge >= 0.3 is 5.97 Å². The molecular weight excluding hydrogens is 383 g/mol. The summed E-state index contributed by atoms with van der Waals surface area (Å²) in [4.78, 5) is 27.9. The second-order valence-corrected chi connectivity index (χ2v) is 6.04. The van der Waals surface area contributed by atoms with Crippen LogP contribution in [0.25, 0.3) is 0 Å². The Hall–Kier alpha value is -0.370. The van der Waals surface area contributed by atoms with Gasteiger partial charge in [0.2, 0.25) is 5.91 Å². The number of nitrogens with zero attached hydrogens (tertiary/aromatic N) is 2. The largest absolute Gasteiger partial charge is 0.469 e. The summed E-state index contributed by atoms with van der Waals surface area (Å²) in [5.74, 6) is 0.619. The van der Waals surface area contributed by atoms with Crippen molar-refractivity contribution in [3.63, 3.8) is 0 Å². The van der Waals surface area contributed by atoms with Gasteiger partial charge in [-0.2, -0.15) is 0 Å². The maximum Gasteiger partial charge on any atom is 0.305 e. The molecule has 21 heavy (non-hydrogen) atoms. The first-order valence-corrected chi connectivity index (χ1v) is 7.66. The van der Waals surface area contributed by atoms with Crippen LogP contribution < -0.4 is 0 Å². The molecule has 2 fully saturated rings. The molecule has 2 rings (SSSR count). The molecule has 0 aromatic rings. The summed E-state index contributed by atoms with van der Waals surface area (Å²) in [6.07, 6.45) is 4.84. The third kappa shape index (κ3) is 5.09. The van der Waals surface area contributed by atoms with E-state index in [-0.39, 0.29) is 35.9 Å². The van der Waals surface area contributed by atoms with E-state index >= 15 is 0 Å². The molecule has 0 spiro atoms. The van der Waals surface area contributed by atoms with Gasteiger partial charge in [0.1, 0.15) is 0 Å². The highest BCUT2D eigenvalue weighted by Gasteiger charge is 2.36. The van der Waals surface area contributed by atoms with Crippen molar-refractivity contribution >= 4 is 35.9 Å². The van der Waals surface area contributed by atoms with Gasteiger partial charge in [0.05, 0.1) is 7.11 Å². The smallest absolute Gasteiger partial charge is 0.305 e. The third-order valence-corrected chi connectivity index (χ3v) is 4.59. The number of ether oxygens (including phenoxy) is 1. The molecule has 2 aliphatic heterocycles. The van der Waals surface area contributed by atoms with Gasteiger partial charge in [-0.05, 0) is 45.2 Å². The predicted octanol–water partition coefficient (Wildman–Crippen LogP) is 1.89. The van der Waals surface area contributed by atoms with Crippen molar-refractivity contribution in [1.82, 2.24) is 9.80 Å². The lowest BCUT2D eigenvalue weighted by molar-refractivity contribution is -0.141. The molecule has 0 aromatic heterocycles. The van der Waals surface area contributed by atoms with E-state index in [0.717, 1.165) is 32.5 Å². The number of piperidine rings is 2. The molecule has 0 N–H and O–H groups in total. The van der Waals surface area contributed by atoms with Gasteiger partial charge in [-0.15, -0.1) is 24.0 Å². The van der Waals surface area contributed by atoms with Crippen LogP contribution in [-0.4, -0.2) is 61.5 Å². The summed E-state index contributed by atoms with van der Waals surface area (Å²) < 4.78 is 4.61. The van der Waals surface area contributed by atoms with Crippen LogP contribution in [0.1, 0.15) is 38.5 Å². The highest BCUT2D eigenvalue weighted by atomic mass is 127. The average Bonchev–Trinajstić information content (AvgIpc) is 2.45. The highest BCUT2D eigenvalue weighted by Crippen LogP contribution is 2.30. The number of esters is 1. The minimum Gasteiger partial charge on any atom is -0.469 e. The molecule has 2 heterocycles. The number of fused-ring (bicyclic) bond motifs is 1. The quantitative estimate of drug-likeness (QED) is 0.525. The number of carbonyl (C=O) groups is 2. The summed E-state index contributed by atoms with van der Waals surface area (Å²) in [6, 6.07) is 0.422. The Balaban J connectivity index is 0.00000220. The fraction of sp³-hybridized carbons (Fsp3) is 0.867. The van der Waals surface area contributed by atoms with Crippen LogP contribution in [0.2, 0.25) is 0 Å². The van der Waals surface area contributed by atoms with Crippen molar-refractivity contribution in [3.05, 3.63) is 0 Å². The van der Waals surface area contributed by atoms with Crippen molar-refractivity contribution in [2.45, 2.75) is 44.6 Å². The van der Waals surface area contributed by atoms with Gasteiger partial charge in [0.25, 0.3) is 0 Å². The van der Waals surface area contributed by atoms with Gasteiger partial charge < -0.3 is 14.5 Å². The van der Waals surface area contributed by atoms with Crippen molar-refractivity contribution in [1.29, 1.82) is 0 Å². The Morgan fingerprint density at radius 1 is 1.19 bits per heavy atom. The Morgan fingerprint density at radius 3 is 2.67 bits per heavy atom. The average molecular weight is 410 g/mol. The molecule has 1 amide bonds. The van der Waals surface area contributed by atoms with Crippen LogP contribution in [0, 0.1) is 5.92 Å². The maximum atomic E-state index is 12.4. The van der Waals surface area contributed by atoms with Gasteiger partial charge in [0, 0.05) is 32.0 Å². The van der Waals surface area contributed by atoms with Gasteiger partial charge in [-0.25, -0.2) is 0 Å². The molecule has 0 saturated carbocycles. The standard InChI is InChI=1S/C15H26N2O3.HI/c1-16-10-8-13-12(11-16)5-4-9-17(13)14(18)6-3-7-15(19)20-2;/h12-13H,3-11H2,1-2H3;1H. The van der Waals surface area contributed by atoms with E-state index in [2.05, 4.69) is 21.6 Å². The monoisotopic (exact) mass is 410 g/mol. The molecule has 2 saturated heterocycles. The lowest BCUT2D eigenvalue weighted by Gasteiger charge is -2.46. The minimum absolute atomic E-state index is 0. The fourth-order valence-corrected chi connectivity index (χ4v) is 3.52. The lowest BCUT2D eigenvalue weighted by atomic mass is 9.84. The SMILES string of the molecule is COC(=O)CCCC(=O)N1CCCC2CN(C)CCC21.I. The molecule has 0 radical (unpaired) electrons. The Morgan fingerprint density at radius 2 is 1.95 bits per heavy atom. The number of rotatable bonds is 4. The first-order valence-electron chi connectivity index (χ1n) is 7.66.